The number of rotatable bonds is 2. The van der Waals surface area contributed by atoms with Crippen LogP contribution in [0.2, 0.25) is 0 Å². The van der Waals surface area contributed by atoms with Crippen LogP contribution in [0, 0.1) is 20.8 Å². The van der Waals surface area contributed by atoms with Gasteiger partial charge in [0.15, 0.2) is 0 Å². The standard InChI is InChI=1S/C15H18N6S2/c1-9-8-22-14-12(9)13(16-10(2)17-14)20-4-6-21(7-5-20)15-19-18-11(3)23-15/h8H,4-7H2,1-3H3. The molecule has 1 fully saturated rings. The number of thiophene rings is 1. The molecule has 23 heavy (non-hydrogen) atoms. The fourth-order valence-corrected chi connectivity index (χ4v) is 4.62. The predicted octanol–water partition coefficient (Wildman–Crippen LogP) is 2.79. The minimum Gasteiger partial charge on any atom is -0.352 e. The molecule has 4 heterocycles. The maximum absolute atomic E-state index is 4.74. The molecule has 0 unspecified atom stereocenters. The lowest BCUT2D eigenvalue weighted by atomic mass is 10.2. The number of aromatic nitrogens is 4. The van der Waals surface area contributed by atoms with Gasteiger partial charge in [0.05, 0.1) is 5.39 Å². The average molecular weight is 346 g/mol. The van der Waals surface area contributed by atoms with E-state index in [9.17, 15) is 0 Å². The van der Waals surface area contributed by atoms with Crippen molar-refractivity contribution in [1.29, 1.82) is 0 Å². The fourth-order valence-electron chi connectivity index (χ4n) is 2.92. The van der Waals surface area contributed by atoms with E-state index in [1.54, 1.807) is 22.7 Å². The first kappa shape index (κ1) is 14.8. The summed E-state index contributed by atoms with van der Waals surface area (Å²) in [4.78, 5) is 15.1. The van der Waals surface area contributed by atoms with Crippen LogP contribution in [0.3, 0.4) is 0 Å². The average Bonchev–Trinajstić information content (AvgIpc) is 3.13. The Kier molecular flexibility index (Phi) is 3.65. The Balaban J connectivity index is 1.60. The van der Waals surface area contributed by atoms with E-state index in [0.717, 1.165) is 52.8 Å². The molecule has 0 saturated carbocycles. The topological polar surface area (TPSA) is 58.0 Å². The SMILES string of the molecule is Cc1nc(N2CCN(c3nnc(C)s3)CC2)c2c(C)csc2n1. The van der Waals surface area contributed by atoms with Gasteiger partial charge in [-0.2, -0.15) is 0 Å². The minimum absolute atomic E-state index is 0.844. The van der Waals surface area contributed by atoms with Crippen molar-refractivity contribution in [2.24, 2.45) is 0 Å². The first-order chi connectivity index (χ1) is 11.1. The largest absolute Gasteiger partial charge is 0.352 e. The second kappa shape index (κ2) is 5.68. The zero-order valence-corrected chi connectivity index (χ0v) is 15.0. The first-order valence-electron chi connectivity index (χ1n) is 7.64. The van der Waals surface area contributed by atoms with Gasteiger partial charge in [-0.05, 0) is 31.7 Å². The van der Waals surface area contributed by atoms with Gasteiger partial charge in [0, 0.05) is 26.2 Å². The normalized spacial score (nSPS) is 15.6. The van der Waals surface area contributed by atoms with Gasteiger partial charge < -0.3 is 9.80 Å². The van der Waals surface area contributed by atoms with Crippen LogP contribution in [0.25, 0.3) is 10.2 Å². The lowest BCUT2D eigenvalue weighted by Crippen LogP contribution is -2.47. The van der Waals surface area contributed by atoms with E-state index in [2.05, 4.69) is 37.3 Å². The number of anilines is 2. The third-order valence-electron chi connectivity index (χ3n) is 4.08. The third kappa shape index (κ3) is 2.66. The number of fused-ring (bicyclic) bond motifs is 1. The molecule has 0 spiro atoms. The van der Waals surface area contributed by atoms with E-state index in [1.807, 2.05) is 13.8 Å². The number of piperazine rings is 1. The summed E-state index contributed by atoms with van der Waals surface area (Å²) in [6.07, 6.45) is 0. The monoisotopic (exact) mass is 346 g/mol. The fraction of sp³-hybridized carbons (Fsp3) is 0.467. The van der Waals surface area contributed by atoms with E-state index < -0.39 is 0 Å². The molecule has 1 saturated heterocycles. The van der Waals surface area contributed by atoms with E-state index in [4.69, 9.17) is 4.98 Å². The Morgan fingerprint density at radius 2 is 1.70 bits per heavy atom. The predicted molar refractivity (Wildman–Crippen MR) is 96.0 cm³/mol. The van der Waals surface area contributed by atoms with Crippen molar-refractivity contribution in [2.45, 2.75) is 20.8 Å². The van der Waals surface area contributed by atoms with Crippen LogP contribution in [0.5, 0.6) is 0 Å². The van der Waals surface area contributed by atoms with E-state index in [1.165, 1.54) is 10.9 Å². The summed E-state index contributed by atoms with van der Waals surface area (Å²) in [5.41, 5.74) is 1.27. The Morgan fingerprint density at radius 1 is 0.957 bits per heavy atom. The van der Waals surface area contributed by atoms with Gasteiger partial charge in [-0.3, -0.25) is 0 Å². The summed E-state index contributed by atoms with van der Waals surface area (Å²) in [6, 6.07) is 0. The molecule has 0 N–H and O–H groups in total. The Hall–Kier alpha value is -1.80. The van der Waals surface area contributed by atoms with Crippen molar-refractivity contribution in [2.75, 3.05) is 36.0 Å². The van der Waals surface area contributed by atoms with Crippen LogP contribution in [-0.2, 0) is 0 Å². The van der Waals surface area contributed by atoms with E-state index in [-0.39, 0.29) is 0 Å². The van der Waals surface area contributed by atoms with E-state index >= 15 is 0 Å². The van der Waals surface area contributed by atoms with Crippen molar-refractivity contribution in [3.63, 3.8) is 0 Å². The molecule has 1 aliphatic rings. The van der Waals surface area contributed by atoms with Crippen LogP contribution in [0.4, 0.5) is 10.9 Å². The number of nitrogens with zero attached hydrogens (tertiary/aromatic N) is 6. The maximum Gasteiger partial charge on any atom is 0.208 e. The molecule has 3 aromatic rings. The van der Waals surface area contributed by atoms with Crippen molar-refractivity contribution >= 4 is 43.8 Å². The molecule has 0 radical (unpaired) electrons. The van der Waals surface area contributed by atoms with E-state index in [0.29, 0.717) is 0 Å². The molecule has 6 nitrogen and oxygen atoms in total. The van der Waals surface area contributed by atoms with Crippen LogP contribution < -0.4 is 9.80 Å². The van der Waals surface area contributed by atoms with Crippen LogP contribution in [0.1, 0.15) is 16.4 Å². The molecule has 0 atom stereocenters. The molecule has 3 aromatic heterocycles. The smallest absolute Gasteiger partial charge is 0.208 e. The molecule has 4 rings (SSSR count). The minimum atomic E-state index is 0.844. The quantitative estimate of drug-likeness (QED) is 0.711. The highest BCUT2D eigenvalue weighted by Gasteiger charge is 2.23. The second-order valence-corrected chi connectivity index (χ2v) is 7.79. The molecular weight excluding hydrogens is 328 g/mol. The van der Waals surface area contributed by atoms with Crippen LogP contribution in [0.15, 0.2) is 5.38 Å². The second-order valence-electron chi connectivity index (χ2n) is 5.77. The molecule has 120 valence electrons. The highest BCUT2D eigenvalue weighted by Crippen LogP contribution is 2.32. The van der Waals surface area contributed by atoms with Gasteiger partial charge in [0.2, 0.25) is 5.13 Å². The summed E-state index contributed by atoms with van der Waals surface area (Å²) in [6.45, 7) is 9.89. The highest BCUT2D eigenvalue weighted by molar-refractivity contribution is 7.17. The van der Waals surface area contributed by atoms with Crippen molar-refractivity contribution in [1.82, 2.24) is 20.2 Å². The zero-order valence-electron chi connectivity index (χ0n) is 13.4. The molecule has 8 heteroatoms. The molecule has 0 aliphatic carbocycles. The molecule has 0 bridgehead atoms. The van der Waals surface area contributed by atoms with Crippen LogP contribution in [-0.4, -0.2) is 46.3 Å². The number of hydrogen-bond donors (Lipinski definition) is 0. The molecule has 1 aliphatic heterocycles. The Bertz CT molecular complexity index is 847. The Labute approximate surface area is 142 Å². The lowest BCUT2D eigenvalue weighted by Gasteiger charge is -2.35. The van der Waals surface area contributed by atoms with Gasteiger partial charge in [0.1, 0.15) is 21.5 Å². The first-order valence-corrected chi connectivity index (χ1v) is 9.34. The summed E-state index contributed by atoms with van der Waals surface area (Å²) in [5, 5.41) is 13.8. The van der Waals surface area contributed by atoms with Gasteiger partial charge in [0.25, 0.3) is 0 Å². The summed E-state index contributed by atoms with van der Waals surface area (Å²) in [7, 11) is 0. The number of aryl methyl sites for hydroxylation is 3. The lowest BCUT2D eigenvalue weighted by molar-refractivity contribution is 0.644. The van der Waals surface area contributed by atoms with Crippen molar-refractivity contribution in [3.8, 4) is 0 Å². The zero-order chi connectivity index (χ0) is 16.0. The van der Waals surface area contributed by atoms with Gasteiger partial charge >= 0.3 is 0 Å². The maximum atomic E-state index is 4.74. The molecule has 0 aromatic carbocycles. The van der Waals surface area contributed by atoms with Crippen LogP contribution >= 0.6 is 22.7 Å². The highest BCUT2D eigenvalue weighted by atomic mass is 32.1. The van der Waals surface area contributed by atoms with Crippen molar-refractivity contribution < 1.29 is 0 Å². The number of hydrogen-bond acceptors (Lipinski definition) is 8. The summed E-state index contributed by atoms with van der Waals surface area (Å²) in [5.74, 6) is 1.93. The molecular formula is C15H18N6S2. The summed E-state index contributed by atoms with van der Waals surface area (Å²) >= 11 is 3.36. The van der Waals surface area contributed by atoms with Crippen molar-refractivity contribution in [3.05, 3.63) is 21.8 Å². The molecule has 0 amide bonds. The summed E-state index contributed by atoms with van der Waals surface area (Å²) < 4.78 is 0. The Morgan fingerprint density at radius 3 is 2.39 bits per heavy atom. The van der Waals surface area contributed by atoms with Gasteiger partial charge in [-0.15, -0.1) is 21.5 Å². The third-order valence-corrected chi connectivity index (χ3v) is 5.96. The van der Waals surface area contributed by atoms with Gasteiger partial charge in [-0.25, -0.2) is 9.97 Å². The van der Waals surface area contributed by atoms with Gasteiger partial charge in [-0.1, -0.05) is 11.3 Å².